The van der Waals surface area contributed by atoms with Crippen LogP contribution in [0, 0.1) is 12.8 Å². The number of H-pyrrole nitrogens is 1. The van der Waals surface area contributed by atoms with Crippen LogP contribution in [0.4, 0.5) is 5.82 Å². The highest BCUT2D eigenvalue weighted by atomic mass is 35.5. The molecule has 0 atom stereocenters. The van der Waals surface area contributed by atoms with E-state index in [1.54, 1.807) is 24.5 Å². The molecule has 8 nitrogen and oxygen atoms in total. The van der Waals surface area contributed by atoms with Crippen molar-refractivity contribution in [1.82, 2.24) is 29.7 Å². The van der Waals surface area contributed by atoms with Crippen LogP contribution in [0.1, 0.15) is 18.4 Å². The largest absolute Gasteiger partial charge is 0.310 e. The van der Waals surface area contributed by atoms with E-state index in [1.807, 2.05) is 29.8 Å². The second-order valence-corrected chi connectivity index (χ2v) is 7.68. The number of nitrogens with zero attached hydrogens (tertiary/aromatic N) is 5. The number of anilines is 1. The van der Waals surface area contributed by atoms with E-state index in [9.17, 15) is 4.79 Å². The fourth-order valence-corrected chi connectivity index (χ4v) is 3.54. The fraction of sp³-hybridized carbons (Fsp3) is 0.190. The molecule has 9 heteroatoms. The van der Waals surface area contributed by atoms with Gasteiger partial charge in [0.2, 0.25) is 5.91 Å². The summed E-state index contributed by atoms with van der Waals surface area (Å²) in [7, 11) is 0. The summed E-state index contributed by atoms with van der Waals surface area (Å²) in [6, 6.07) is 7.45. The Hall–Kier alpha value is -3.52. The summed E-state index contributed by atoms with van der Waals surface area (Å²) in [5.74, 6) is 1.86. The molecule has 0 spiro atoms. The lowest BCUT2D eigenvalue weighted by molar-refractivity contribution is -0.117. The highest BCUT2D eigenvalue weighted by molar-refractivity contribution is 6.32. The Morgan fingerprint density at radius 1 is 1.27 bits per heavy atom. The second kappa shape index (κ2) is 7.38. The van der Waals surface area contributed by atoms with Gasteiger partial charge in [-0.15, -0.1) is 0 Å². The molecule has 0 aromatic carbocycles. The Balaban J connectivity index is 1.61. The van der Waals surface area contributed by atoms with E-state index in [1.165, 1.54) is 6.33 Å². The zero-order valence-electron chi connectivity index (χ0n) is 16.1. The maximum absolute atomic E-state index is 12.1. The number of aromatic nitrogens is 6. The fourth-order valence-electron chi connectivity index (χ4n) is 3.33. The lowest BCUT2D eigenvalue weighted by atomic mass is 10.1. The van der Waals surface area contributed by atoms with Gasteiger partial charge in [-0.25, -0.2) is 15.0 Å². The molecule has 0 bridgehead atoms. The van der Waals surface area contributed by atoms with Gasteiger partial charge >= 0.3 is 0 Å². The van der Waals surface area contributed by atoms with Gasteiger partial charge in [0.25, 0.3) is 0 Å². The van der Waals surface area contributed by atoms with Gasteiger partial charge in [-0.05, 0) is 55.2 Å². The van der Waals surface area contributed by atoms with Crippen molar-refractivity contribution in [3.05, 3.63) is 59.8 Å². The maximum atomic E-state index is 12.1. The van der Waals surface area contributed by atoms with Crippen molar-refractivity contribution in [2.24, 2.45) is 5.92 Å². The van der Waals surface area contributed by atoms with Crippen LogP contribution in [0.3, 0.4) is 0 Å². The van der Waals surface area contributed by atoms with Gasteiger partial charge in [0.15, 0.2) is 11.6 Å². The van der Waals surface area contributed by atoms with Crippen molar-refractivity contribution in [3.63, 3.8) is 0 Å². The molecule has 1 amide bonds. The predicted octanol–water partition coefficient (Wildman–Crippen LogP) is 4.03. The molecule has 0 saturated heterocycles. The molecule has 1 saturated carbocycles. The van der Waals surface area contributed by atoms with Crippen LogP contribution in [0.15, 0.2) is 49.2 Å². The number of amides is 1. The van der Waals surface area contributed by atoms with Gasteiger partial charge < -0.3 is 5.32 Å². The van der Waals surface area contributed by atoms with Gasteiger partial charge in [0, 0.05) is 30.1 Å². The summed E-state index contributed by atoms with van der Waals surface area (Å²) in [6.45, 7) is 1.98. The number of rotatable bonds is 5. The summed E-state index contributed by atoms with van der Waals surface area (Å²) >= 11 is 6.41. The van der Waals surface area contributed by atoms with Crippen LogP contribution in [0.25, 0.3) is 28.5 Å². The smallest absolute Gasteiger partial charge is 0.228 e. The number of aryl methyl sites for hydroxylation is 1. The molecule has 1 fully saturated rings. The van der Waals surface area contributed by atoms with Crippen LogP contribution in [0.5, 0.6) is 0 Å². The third-order valence-corrected chi connectivity index (χ3v) is 5.35. The number of carbonyl (C=O) groups is 1. The summed E-state index contributed by atoms with van der Waals surface area (Å²) in [5, 5.41) is 10.3. The minimum atomic E-state index is 0.0255. The van der Waals surface area contributed by atoms with E-state index in [2.05, 4.69) is 30.5 Å². The third kappa shape index (κ3) is 3.46. The van der Waals surface area contributed by atoms with Crippen molar-refractivity contribution < 1.29 is 4.79 Å². The number of hydrogen-bond acceptors (Lipinski definition) is 5. The van der Waals surface area contributed by atoms with Crippen LogP contribution >= 0.6 is 11.6 Å². The van der Waals surface area contributed by atoms with E-state index >= 15 is 0 Å². The van der Waals surface area contributed by atoms with Crippen molar-refractivity contribution in [2.75, 3.05) is 5.32 Å². The molecule has 4 aromatic heterocycles. The average molecular weight is 420 g/mol. The molecule has 4 heterocycles. The maximum Gasteiger partial charge on any atom is 0.228 e. The van der Waals surface area contributed by atoms with Crippen LogP contribution in [0.2, 0.25) is 5.02 Å². The van der Waals surface area contributed by atoms with E-state index in [4.69, 9.17) is 11.6 Å². The second-order valence-electron chi connectivity index (χ2n) is 7.27. The first kappa shape index (κ1) is 18.5. The van der Waals surface area contributed by atoms with Crippen molar-refractivity contribution >= 4 is 23.3 Å². The molecule has 30 heavy (non-hydrogen) atoms. The summed E-state index contributed by atoms with van der Waals surface area (Å²) in [6.07, 6.45) is 8.74. The van der Waals surface area contributed by atoms with Crippen molar-refractivity contribution in [2.45, 2.75) is 19.8 Å². The molecule has 1 aliphatic carbocycles. The molecule has 2 N–H and O–H groups in total. The van der Waals surface area contributed by atoms with Gasteiger partial charge in [-0.1, -0.05) is 11.6 Å². The molecule has 0 unspecified atom stereocenters. The monoisotopic (exact) mass is 419 g/mol. The topological polar surface area (TPSA) is 101 Å². The van der Waals surface area contributed by atoms with E-state index in [-0.39, 0.29) is 11.8 Å². The standard InChI is InChI=1S/C21H18ClN7O/c1-12-9-24-18(27-21(30)13-4-5-13)8-15(12)14-7-17(19-25-11-26-28-19)29(10-14)20-16(22)3-2-6-23-20/h2-3,6-11,13H,4-5H2,1H3,(H,24,27,30)(H,25,26,28). The molecule has 5 rings (SSSR count). The number of pyridine rings is 2. The highest BCUT2D eigenvalue weighted by Gasteiger charge is 2.30. The minimum Gasteiger partial charge on any atom is -0.310 e. The molecular formula is C21H18ClN7O. The number of halogens is 1. The van der Waals surface area contributed by atoms with Crippen LogP contribution < -0.4 is 5.32 Å². The van der Waals surface area contributed by atoms with Crippen LogP contribution in [-0.2, 0) is 4.79 Å². The zero-order valence-corrected chi connectivity index (χ0v) is 16.9. The van der Waals surface area contributed by atoms with Gasteiger partial charge in [0.1, 0.15) is 12.1 Å². The number of nitrogens with one attached hydrogen (secondary N) is 2. The molecule has 0 aliphatic heterocycles. The number of hydrogen-bond donors (Lipinski definition) is 2. The molecular weight excluding hydrogens is 402 g/mol. The van der Waals surface area contributed by atoms with E-state index < -0.39 is 0 Å². The van der Waals surface area contributed by atoms with Crippen molar-refractivity contribution in [1.29, 1.82) is 0 Å². The lowest BCUT2D eigenvalue weighted by Gasteiger charge is -2.09. The predicted molar refractivity (Wildman–Crippen MR) is 113 cm³/mol. The molecule has 1 aliphatic rings. The highest BCUT2D eigenvalue weighted by Crippen LogP contribution is 2.34. The minimum absolute atomic E-state index is 0.0255. The normalized spacial score (nSPS) is 13.4. The summed E-state index contributed by atoms with van der Waals surface area (Å²) < 4.78 is 1.88. The summed E-state index contributed by atoms with van der Waals surface area (Å²) in [4.78, 5) is 25.2. The van der Waals surface area contributed by atoms with E-state index in [0.717, 1.165) is 35.2 Å². The SMILES string of the molecule is Cc1cnc(NC(=O)C2CC2)cc1-c1cc(-c2ncn[nH]2)n(-c2ncccc2Cl)c1. The first-order chi connectivity index (χ1) is 14.6. The third-order valence-electron chi connectivity index (χ3n) is 5.06. The zero-order chi connectivity index (χ0) is 20.7. The Labute approximate surface area is 177 Å². The number of carbonyl (C=O) groups excluding carboxylic acids is 1. The van der Waals surface area contributed by atoms with Gasteiger partial charge in [0.05, 0.1) is 10.7 Å². The summed E-state index contributed by atoms with van der Waals surface area (Å²) in [5.41, 5.74) is 3.61. The number of aromatic amines is 1. The lowest BCUT2D eigenvalue weighted by Crippen LogP contribution is -2.14. The Bertz CT molecular complexity index is 1230. The van der Waals surface area contributed by atoms with Gasteiger partial charge in [-0.2, -0.15) is 5.10 Å². The Morgan fingerprint density at radius 2 is 2.13 bits per heavy atom. The molecule has 4 aromatic rings. The molecule has 150 valence electrons. The van der Waals surface area contributed by atoms with Gasteiger partial charge in [-0.3, -0.25) is 14.5 Å². The Morgan fingerprint density at radius 3 is 2.87 bits per heavy atom. The van der Waals surface area contributed by atoms with Crippen molar-refractivity contribution in [3.8, 4) is 28.5 Å². The average Bonchev–Trinajstić information content (AvgIpc) is 3.28. The van der Waals surface area contributed by atoms with Crippen LogP contribution in [-0.4, -0.2) is 35.6 Å². The first-order valence-electron chi connectivity index (χ1n) is 9.57. The van der Waals surface area contributed by atoms with E-state index in [0.29, 0.717) is 22.5 Å². The molecule has 0 radical (unpaired) electrons. The first-order valence-corrected chi connectivity index (χ1v) is 9.95. The Kier molecular flexibility index (Phi) is 4.55. The quantitative estimate of drug-likeness (QED) is 0.508.